The maximum atomic E-state index is 5.85. The van der Waals surface area contributed by atoms with Crippen molar-refractivity contribution >= 4 is 23.2 Å². The summed E-state index contributed by atoms with van der Waals surface area (Å²) in [6.45, 7) is 2.06. The van der Waals surface area contributed by atoms with Crippen LogP contribution in [0.1, 0.15) is 12.5 Å². The van der Waals surface area contributed by atoms with Gasteiger partial charge in [0.05, 0.1) is 0 Å². The molecule has 1 aromatic heterocycles. The molecule has 0 radical (unpaired) electrons. The fraction of sp³-hybridized carbons (Fsp3) is 0.200. The average Bonchev–Trinajstić information content (AvgIpc) is 2.75. The predicted octanol–water partition coefficient (Wildman–Crippen LogP) is 3.36. The number of hydrogen-bond donors (Lipinski definition) is 1. The summed E-state index contributed by atoms with van der Waals surface area (Å²) in [5.41, 5.74) is 1.14. The van der Waals surface area contributed by atoms with E-state index in [1.54, 1.807) is 6.07 Å². The van der Waals surface area contributed by atoms with Gasteiger partial charge in [0, 0.05) is 10.0 Å². The highest BCUT2D eigenvalue weighted by atomic mass is 35.5. The third-order valence-corrected chi connectivity index (χ3v) is 2.31. The van der Waals surface area contributed by atoms with Gasteiger partial charge in [-0.15, -0.1) is 0 Å². The molecule has 0 unspecified atom stereocenters. The van der Waals surface area contributed by atoms with Crippen molar-refractivity contribution in [2.45, 2.75) is 13.3 Å². The van der Waals surface area contributed by atoms with Crippen molar-refractivity contribution in [3.8, 4) is 0 Å². The van der Waals surface area contributed by atoms with Crippen LogP contribution in [0.5, 0.6) is 0 Å². The zero-order valence-electron chi connectivity index (χ0n) is 8.24. The van der Waals surface area contributed by atoms with Crippen molar-refractivity contribution in [2.24, 2.45) is 0 Å². The molecule has 0 atom stereocenters. The Morgan fingerprint density at radius 1 is 1.33 bits per heavy atom. The van der Waals surface area contributed by atoms with E-state index < -0.39 is 0 Å². The number of rotatable bonds is 1. The van der Waals surface area contributed by atoms with Crippen molar-refractivity contribution in [3.05, 3.63) is 46.5 Å². The van der Waals surface area contributed by atoms with Crippen LogP contribution >= 0.6 is 23.2 Å². The average molecular weight is 244 g/mol. The van der Waals surface area contributed by atoms with Crippen LogP contribution < -0.4 is 0 Å². The zero-order chi connectivity index (χ0) is 11.1. The van der Waals surface area contributed by atoms with E-state index in [1.807, 2.05) is 12.1 Å². The first-order chi connectivity index (χ1) is 7.24. The number of hydrogen-bond acceptors (Lipinski definition) is 2. The van der Waals surface area contributed by atoms with E-state index in [2.05, 4.69) is 22.1 Å². The molecule has 1 heterocycles. The highest BCUT2D eigenvalue weighted by molar-refractivity contribution is 6.35. The molecule has 15 heavy (non-hydrogen) atoms. The lowest BCUT2D eigenvalue weighted by Gasteiger charge is -1.98. The lowest BCUT2D eigenvalue weighted by atomic mass is 10.2. The first kappa shape index (κ1) is 12.0. The monoisotopic (exact) mass is 243 g/mol. The Morgan fingerprint density at radius 3 is 2.53 bits per heavy atom. The van der Waals surface area contributed by atoms with Crippen molar-refractivity contribution in [3.63, 3.8) is 0 Å². The molecule has 0 fully saturated rings. The molecule has 0 saturated carbocycles. The highest BCUT2D eigenvalue weighted by Gasteiger charge is 1.96. The van der Waals surface area contributed by atoms with Crippen LogP contribution in [0.15, 0.2) is 30.9 Å². The summed E-state index contributed by atoms with van der Waals surface area (Å²) in [7, 11) is 0. The Hall–Kier alpha value is -1.06. The van der Waals surface area contributed by atoms with Gasteiger partial charge in [-0.3, -0.25) is 5.10 Å². The fourth-order valence-electron chi connectivity index (χ4n) is 0.975. The quantitative estimate of drug-likeness (QED) is 0.835. The first-order valence-electron chi connectivity index (χ1n) is 4.46. The van der Waals surface area contributed by atoms with E-state index in [4.69, 9.17) is 23.2 Å². The number of aromatic nitrogens is 3. The molecule has 0 spiro atoms. The minimum Gasteiger partial charge on any atom is -0.266 e. The van der Waals surface area contributed by atoms with Gasteiger partial charge in [0.2, 0.25) is 0 Å². The lowest BCUT2D eigenvalue weighted by molar-refractivity contribution is 1.09. The summed E-state index contributed by atoms with van der Waals surface area (Å²) < 4.78 is 0. The maximum Gasteiger partial charge on any atom is 0.137 e. The van der Waals surface area contributed by atoms with Gasteiger partial charge in [0.25, 0.3) is 0 Å². The fourth-order valence-corrected chi connectivity index (χ4v) is 1.52. The molecule has 80 valence electrons. The van der Waals surface area contributed by atoms with Crippen molar-refractivity contribution in [1.82, 2.24) is 15.2 Å². The van der Waals surface area contributed by atoms with E-state index >= 15 is 0 Å². The molecular weight excluding hydrogens is 233 g/mol. The van der Waals surface area contributed by atoms with Gasteiger partial charge in [0.1, 0.15) is 12.7 Å². The molecule has 3 nitrogen and oxygen atoms in total. The number of nitrogens with zero attached hydrogens (tertiary/aromatic N) is 2. The lowest BCUT2D eigenvalue weighted by Crippen LogP contribution is -1.79. The third kappa shape index (κ3) is 4.32. The summed E-state index contributed by atoms with van der Waals surface area (Å²) in [6.07, 6.45) is 3.91. The van der Waals surface area contributed by atoms with Crippen molar-refractivity contribution in [2.75, 3.05) is 0 Å². The molecule has 0 aliphatic carbocycles. The molecule has 2 aromatic rings. The van der Waals surface area contributed by atoms with Crippen LogP contribution in [-0.4, -0.2) is 15.2 Å². The largest absolute Gasteiger partial charge is 0.266 e. The third-order valence-electron chi connectivity index (χ3n) is 1.73. The molecule has 0 saturated heterocycles. The molecule has 0 bridgehead atoms. The summed E-state index contributed by atoms with van der Waals surface area (Å²) in [5.74, 6) is 0. The summed E-state index contributed by atoms with van der Waals surface area (Å²) >= 11 is 11.5. The normalized spacial score (nSPS) is 9.27. The summed E-state index contributed by atoms with van der Waals surface area (Å²) in [6, 6.07) is 5.57. The number of aryl methyl sites for hydroxylation is 1. The zero-order valence-corrected chi connectivity index (χ0v) is 9.76. The van der Waals surface area contributed by atoms with Crippen LogP contribution in [0, 0.1) is 0 Å². The van der Waals surface area contributed by atoms with Crippen LogP contribution in [0.3, 0.4) is 0 Å². The van der Waals surface area contributed by atoms with E-state index in [-0.39, 0.29) is 0 Å². The van der Waals surface area contributed by atoms with Crippen LogP contribution in [0.4, 0.5) is 0 Å². The van der Waals surface area contributed by atoms with E-state index in [1.165, 1.54) is 12.7 Å². The molecule has 0 aliphatic heterocycles. The summed E-state index contributed by atoms with van der Waals surface area (Å²) in [4.78, 5) is 3.56. The molecule has 2 rings (SSSR count). The molecule has 0 aliphatic rings. The van der Waals surface area contributed by atoms with Gasteiger partial charge in [-0.25, -0.2) is 4.98 Å². The Bertz CT molecular complexity index is 370. The first-order valence-corrected chi connectivity index (χ1v) is 5.22. The van der Waals surface area contributed by atoms with E-state index in [0.717, 1.165) is 17.0 Å². The van der Waals surface area contributed by atoms with Crippen LogP contribution in [0.2, 0.25) is 10.0 Å². The topological polar surface area (TPSA) is 41.6 Å². The molecule has 5 heteroatoms. The van der Waals surface area contributed by atoms with E-state index in [0.29, 0.717) is 5.02 Å². The van der Waals surface area contributed by atoms with Gasteiger partial charge in [0.15, 0.2) is 0 Å². The second-order valence-corrected chi connectivity index (χ2v) is 3.58. The van der Waals surface area contributed by atoms with Crippen LogP contribution in [0.25, 0.3) is 0 Å². The van der Waals surface area contributed by atoms with Crippen molar-refractivity contribution < 1.29 is 0 Å². The Balaban J connectivity index is 0.000000187. The second-order valence-electron chi connectivity index (χ2n) is 2.74. The molecule has 0 amide bonds. The van der Waals surface area contributed by atoms with E-state index in [9.17, 15) is 0 Å². The number of H-pyrrole nitrogens is 1. The Kier molecular flexibility index (Phi) is 5.15. The molecule has 1 N–H and O–H groups in total. The molecular formula is C10H11Cl2N3. The number of benzene rings is 1. The number of nitrogens with one attached hydrogen (secondary N) is 1. The van der Waals surface area contributed by atoms with Crippen molar-refractivity contribution in [1.29, 1.82) is 0 Å². The predicted molar refractivity (Wildman–Crippen MR) is 62.2 cm³/mol. The molecule has 1 aromatic carbocycles. The second kappa shape index (κ2) is 6.43. The van der Waals surface area contributed by atoms with Gasteiger partial charge in [-0.05, 0) is 24.1 Å². The SMILES string of the molecule is CCc1ccc(Cl)cc1Cl.c1nc[nH]n1. The minimum atomic E-state index is 0.696. The maximum absolute atomic E-state index is 5.85. The standard InChI is InChI=1S/C8H8Cl2.C2H3N3/c1-2-6-3-4-7(9)5-8(6)10;1-3-2-5-4-1/h3-5H,2H2,1H3;1-2H,(H,3,4,5). The summed E-state index contributed by atoms with van der Waals surface area (Å²) in [5, 5.41) is 7.44. The Morgan fingerprint density at radius 2 is 2.13 bits per heavy atom. The Labute approximate surface area is 98.4 Å². The van der Waals surface area contributed by atoms with Crippen LogP contribution in [-0.2, 0) is 6.42 Å². The number of aromatic amines is 1. The van der Waals surface area contributed by atoms with Gasteiger partial charge < -0.3 is 0 Å². The van der Waals surface area contributed by atoms with Gasteiger partial charge in [-0.1, -0.05) is 36.2 Å². The van der Waals surface area contributed by atoms with Gasteiger partial charge in [-0.2, -0.15) is 5.10 Å². The van der Waals surface area contributed by atoms with Gasteiger partial charge >= 0.3 is 0 Å². The smallest absolute Gasteiger partial charge is 0.137 e. The highest BCUT2D eigenvalue weighted by Crippen LogP contribution is 2.20. The minimum absolute atomic E-state index is 0.696. The number of halogens is 2.